The molecule has 0 aliphatic heterocycles. The summed E-state index contributed by atoms with van der Waals surface area (Å²) in [5, 5.41) is 44.8. The van der Waals surface area contributed by atoms with Crippen LogP contribution in [-0.4, -0.2) is 54.6 Å². The Morgan fingerprint density at radius 3 is 1.85 bits per heavy atom. The molecule has 0 rings (SSSR count). The van der Waals surface area contributed by atoms with Gasteiger partial charge in [0, 0.05) is 12.5 Å². The fourth-order valence-corrected chi connectivity index (χ4v) is 1.23. The highest BCUT2D eigenvalue weighted by Crippen LogP contribution is 2.17. The molecule has 0 aliphatic rings. The van der Waals surface area contributed by atoms with Crippen molar-refractivity contribution in [3.8, 4) is 0 Å². The summed E-state index contributed by atoms with van der Waals surface area (Å²) < 4.78 is -0.874. The average Bonchev–Trinajstić information content (AvgIpc) is 2.12. The van der Waals surface area contributed by atoms with Gasteiger partial charge in [0.15, 0.2) is 6.29 Å². The smallest absolute Gasteiger partial charge is 0.165 e. The van der Waals surface area contributed by atoms with Gasteiger partial charge >= 0.3 is 0 Å². The zero-order valence-corrected chi connectivity index (χ0v) is 9.37. The molecule has 5 nitrogen and oxygen atoms in total. The summed E-state index contributed by atoms with van der Waals surface area (Å²) in [5.74, 6) is -0.494. The van der Waals surface area contributed by atoms with Crippen molar-refractivity contribution in [3.63, 3.8) is 0 Å². The maximum absolute atomic E-state index is 9.37. The van der Waals surface area contributed by atoms with Gasteiger partial charge in [-0.2, -0.15) is 0 Å². The van der Waals surface area contributed by atoms with Crippen molar-refractivity contribution < 1.29 is 25.5 Å². The first-order valence-corrected chi connectivity index (χ1v) is 5.13. The minimum atomic E-state index is -1.68. The Labute approximate surface area is 90.2 Å². The number of hydrogen-bond donors (Lipinski definition) is 5. The Hall–Kier alpha value is 0.530. The van der Waals surface area contributed by atoms with Gasteiger partial charge in [-0.15, -0.1) is 0 Å². The first kappa shape index (κ1) is 13.5. The van der Waals surface area contributed by atoms with E-state index >= 15 is 0 Å². The highest BCUT2D eigenvalue weighted by atomic mass is 127. The molecule has 0 aromatic heterocycles. The van der Waals surface area contributed by atoms with Crippen molar-refractivity contribution in [3.05, 3.63) is 0 Å². The minimum absolute atomic E-state index is 0.261. The Morgan fingerprint density at radius 1 is 1.08 bits per heavy atom. The van der Waals surface area contributed by atoms with Gasteiger partial charge in [-0.3, -0.25) is 0 Å². The minimum Gasteiger partial charge on any atom is -0.396 e. The molecular formula is C7H15IO5. The second-order valence-electron chi connectivity index (χ2n) is 3.00. The fourth-order valence-electron chi connectivity index (χ4n) is 0.809. The molecule has 0 heterocycles. The van der Waals surface area contributed by atoms with Crippen LogP contribution in [0, 0.1) is 5.92 Å². The van der Waals surface area contributed by atoms with E-state index in [9.17, 15) is 10.2 Å². The van der Waals surface area contributed by atoms with Crippen LogP contribution in [-0.2, 0) is 0 Å². The van der Waals surface area contributed by atoms with Crippen LogP contribution in [0.15, 0.2) is 0 Å². The third-order valence-corrected chi connectivity index (χ3v) is 3.21. The van der Waals surface area contributed by atoms with Crippen LogP contribution >= 0.6 is 22.6 Å². The molecule has 5 N–H and O–H groups in total. The summed E-state index contributed by atoms with van der Waals surface area (Å²) in [6.07, 6.45) is -4.10. The molecule has 4 unspecified atom stereocenters. The van der Waals surface area contributed by atoms with Crippen LogP contribution in [0.4, 0.5) is 0 Å². The van der Waals surface area contributed by atoms with E-state index in [4.69, 9.17) is 15.3 Å². The summed E-state index contributed by atoms with van der Waals surface area (Å²) in [5.41, 5.74) is 0. The molecule has 0 radical (unpaired) electrons. The molecule has 0 saturated carbocycles. The van der Waals surface area contributed by atoms with Gasteiger partial charge in [0.25, 0.3) is 0 Å². The predicted octanol–water partition coefficient (Wildman–Crippen LogP) is -1.55. The number of hydrogen-bond acceptors (Lipinski definition) is 5. The van der Waals surface area contributed by atoms with Gasteiger partial charge in [0.05, 0.1) is 16.1 Å². The predicted molar refractivity (Wildman–Crippen MR) is 54.3 cm³/mol. The largest absolute Gasteiger partial charge is 0.396 e. The maximum Gasteiger partial charge on any atom is 0.165 e. The Kier molecular flexibility index (Phi) is 6.34. The monoisotopic (exact) mass is 306 g/mol. The molecule has 0 saturated heterocycles. The third kappa shape index (κ3) is 4.05. The molecular weight excluding hydrogens is 291 g/mol. The summed E-state index contributed by atoms with van der Waals surface area (Å²) in [7, 11) is 0. The molecule has 80 valence electrons. The van der Waals surface area contributed by atoms with Crippen LogP contribution in [0.2, 0.25) is 0 Å². The SMILES string of the molecule is CC(CO)C(O)C(O)C(I)C(O)O. The second-order valence-corrected chi connectivity index (χ2v) is 4.44. The van der Waals surface area contributed by atoms with Crippen molar-refractivity contribution in [2.24, 2.45) is 5.92 Å². The van der Waals surface area contributed by atoms with E-state index in [1.54, 1.807) is 29.5 Å². The molecule has 0 aromatic carbocycles. The van der Waals surface area contributed by atoms with E-state index in [-0.39, 0.29) is 6.61 Å². The van der Waals surface area contributed by atoms with E-state index in [2.05, 4.69) is 0 Å². The van der Waals surface area contributed by atoms with E-state index < -0.39 is 28.3 Å². The second kappa shape index (κ2) is 6.10. The lowest BCUT2D eigenvalue weighted by atomic mass is 9.98. The molecule has 0 fully saturated rings. The van der Waals surface area contributed by atoms with Crippen LogP contribution < -0.4 is 0 Å². The number of aliphatic hydroxyl groups excluding tert-OH is 4. The van der Waals surface area contributed by atoms with Crippen LogP contribution in [0.5, 0.6) is 0 Å². The molecule has 0 aromatic rings. The van der Waals surface area contributed by atoms with E-state index in [1.807, 2.05) is 0 Å². The average molecular weight is 306 g/mol. The molecule has 0 spiro atoms. The van der Waals surface area contributed by atoms with Gasteiger partial charge in [0.1, 0.15) is 0 Å². The van der Waals surface area contributed by atoms with Gasteiger partial charge in [-0.1, -0.05) is 29.5 Å². The molecule has 0 bridgehead atoms. The van der Waals surface area contributed by atoms with Crippen molar-refractivity contribution in [1.82, 2.24) is 0 Å². The number of rotatable bonds is 5. The van der Waals surface area contributed by atoms with Gasteiger partial charge in [-0.05, 0) is 0 Å². The first-order chi connectivity index (χ1) is 5.91. The highest BCUT2D eigenvalue weighted by molar-refractivity contribution is 14.1. The zero-order chi connectivity index (χ0) is 10.6. The summed E-state index contributed by atoms with van der Waals surface area (Å²) in [4.78, 5) is 0. The normalized spacial score (nSPS) is 21.2. The third-order valence-electron chi connectivity index (χ3n) is 1.83. The molecule has 13 heavy (non-hydrogen) atoms. The molecule has 0 aliphatic carbocycles. The Balaban J connectivity index is 4.15. The van der Waals surface area contributed by atoms with Gasteiger partial charge < -0.3 is 25.5 Å². The number of alkyl halides is 1. The van der Waals surface area contributed by atoms with Crippen LogP contribution in [0.3, 0.4) is 0 Å². The van der Waals surface area contributed by atoms with Crippen molar-refractivity contribution in [2.45, 2.75) is 29.3 Å². The Morgan fingerprint density at radius 2 is 1.54 bits per heavy atom. The summed E-state index contributed by atoms with van der Waals surface area (Å²) in [6, 6.07) is 0. The molecule has 6 heteroatoms. The lowest BCUT2D eigenvalue weighted by Gasteiger charge is -2.26. The lowest BCUT2D eigenvalue weighted by molar-refractivity contribution is -0.0932. The standard InChI is InChI=1S/C7H15IO5/c1-3(2-9)5(10)6(11)4(8)7(12)13/h3-7,9-13H,2H2,1H3. The van der Waals surface area contributed by atoms with E-state index in [0.717, 1.165) is 0 Å². The zero-order valence-electron chi connectivity index (χ0n) is 7.21. The Bertz CT molecular complexity index is 143. The summed E-state index contributed by atoms with van der Waals surface area (Å²) in [6.45, 7) is 1.30. The van der Waals surface area contributed by atoms with Crippen molar-refractivity contribution >= 4 is 22.6 Å². The quantitative estimate of drug-likeness (QED) is 0.241. The molecule has 4 atom stereocenters. The van der Waals surface area contributed by atoms with Gasteiger partial charge in [-0.25, -0.2) is 0 Å². The van der Waals surface area contributed by atoms with E-state index in [0.29, 0.717) is 0 Å². The number of aliphatic hydroxyl groups is 5. The van der Waals surface area contributed by atoms with Crippen LogP contribution in [0.1, 0.15) is 6.92 Å². The van der Waals surface area contributed by atoms with Crippen LogP contribution in [0.25, 0.3) is 0 Å². The summed E-state index contributed by atoms with van der Waals surface area (Å²) >= 11 is 1.63. The van der Waals surface area contributed by atoms with Crippen molar-refractivity contribution in [2.75, 3.05) is 6.61 Å². The maximum atomic E-state index is 9.37. The highest BCUT2D eigenvalue weighted by Gasteiger charge is 2.31. The molecule has 0 amide bonds. The fraction of sp³-hybridized carbons (Fsp3) is 1.00. The van der Waals surface area contributed by atoms with Gasteiger partial charge in [0.2, 0.25) is 0 Å². The van der Waals surface area contributed by atoms with Crippen molar-refractivity contribution in [1.29, 1.82) is 0 Å². The topological polar surface area (TPSA) is 101 Å². The number of halogens is 1. The van der Waals surface area contributed by atoms with E-state index in [1.165, 1.54) is 0 Å². The first-order valence-electron chi connectivity index (χ1n) is 3.89. The lowest BCUT2D eigenvalue weighted by Crippen LogP contribution is -2.44.